The number of carbonyl (C=O) groups excluding carboxylic acids is 1. The second-order valence-electron chi connectivity index (χ2n) is 5.65. The summed E-state index contributed by atoms with van der Waals surface area (Å²) in [5.74, 6) is 1.15. The first-order valence-corrected chi connectivity index (χ1v) is 8.39. The Balaban J connectivity index is 1.60. The molecule has 0 aromatic carbocycles. The van der Waals surface area contributed by atoms with Crippen molar-refractivity contribution in [3.05, 3.63) is 53.3 Å². The Kier molecular flexibility index (Phi) is 3.66. The van der Waals surface area contributed by atoms with Gasteiger partial charge < -0.3 is 9.47 Å². The van der Waals surface area contributed by atoms with Crippen molar-refractivity contribution in [1.82, 2.24) is 29.2 Å². The van der Waals surface area contributed by atoms with Gasteiger partial charge in [0.05, 0.1) is 12.1 Å². The van der Waals surface area contributed by atoms with Crippen molar-refractivity contribution in [3.8, 4) is 0 Å². The molecule has 0 aliphatic carbocycles. The monoisotopic (exact) mass is 328 g/mol. The molecule has 8 heteroatoms. The Bertz CT molecular complexity index is 779. The van der Waals surface area contributed by atoms with Gasteiger partial charge in [0.2, 0.25) is 0 Å². The van der Waals surface area contributed by atoms with Gasteiger partial charge in [0, 0.05) is 55.7 Å². The standard InChI is InChI=1S/C15H16N6OS/c22-15(13-10-23-11-17-13)20-7-12(8-21-4-1-2-18-21)6-19-5-3-16-14(19)9-20/h1-5,10-12H,6-9H2/t12-/m0/s1. The lowest BCUT2D eigenvalue weighted by molar-refractivity contribution is 0.0707. The van der Waals surface area contributed by atoms with E-state index in [-0.39, 0.29) is 11.8 Å². The second-order valence-corrected chi connectivity index (χ2v) is 6.37. The van der Waals surface area contributed by atoms with Crippen molar-refractivity contribution in [3.63, 3.8) is 0 Å². The van der Waals surface area contributed by atoms with Crippen molar-refractivity contribution in [1.29, 1.82) is 0 Å². The highest BCUT2D eigenvalue weighted by Crippen LogP contribution is 2.19. The van der Waals surface area contributed by atoms with E-state index in [4.69, 9.17) is 0 Å². The van der Waals surface area contributed by atoms with E-state index >= 15 is 0 Å². The summed E-state index contributed by atoms with van der Waals surface area (Å²) in [6, 6.07) is 1.91. The third-order valence-electron chi connectivity index (χ3n) is 4.01. The maximum atomic E-state index is 12.7. The van der Waals surface area contributed by atoms with Crippen molar-refractivity contribution < 1.29 is 4.79 Å². The summed E-state index contributed by atoms with van der Waals surface area (Å²) in [6.45, 7) is 2.78. The molecule has 23 heavy (non-hydrogen) atoms. The van der Waals surface area contributed by atoms with Gasteiger partial charge in [-0.2, -0.15) is 5.10 Å². The van der Waals surface area contributed by atoms with Crippen LogP contribution in [0.15, 0.2) is 41.7 Å². The molecule has 1 atom stereocenters. The Morgan fingerprint density at radius 2 is 2.22 bits per heavy atom. The van der Waals surface area contributed by atoms with Gasteiger partial charge in [-0.3, -0.25) is 9.48 Å². The number of imidazole rings is 1. The SMILES string of the molecule is O=C(c1cscn1)N1Cc2nccn2C[C@H](Cn2cccn2)C1. The van der Waals surface area contributed by atoms with Gasteiger partial charge in [0.1, 0.15) is 11.5 Å². The van der Waals surface area contributed by atoms with Crippen molar-refractivity contribution >= 4 is 17.2 Å². The van der Waals surface area contributed by atoms with E-state index in [1.54, 1.807) is 23.3 Å². The molecule has 0 radical (unpaired) electrons. The van der Waals surface area contributed by atoms with Gasteiger partial charge in [-0.15, -0.1) is 11.3 Å². The van der Waals surface area contributed by atoms with E-state index in [0.717, 1.165) is 18.9 Å². The first kappa shape index (κ1) is 14.1. The average Bonchev–Trinajstić information content (AvgIpc) is 3.28. The summed E-state index contributed by atoms with van der Waals surface area (Å²) in [4.78, 5) is 23.1. The Morgan fingerprint density at radius 3 is 3.00 bits per heavy atom. The lowest BCUT2D eigenvalue weighted by Crippen LogP contribution is -2.35. The van der Waals surface area contributed by atoms with Crippen LogP contribution in [0.5, 0.6) is 0 Å². The third-order valence-corrected chi connectivity index (χ3v) is 4.60. The predicted octanol–water partition coefficient (Wildman–Crippen LogP) is 1.51. The van der Waals surface area contributed by atoms with E-state index in [1.807, 2.05) is 28.0 Å². The largest absolute Gasteiger partial charge is 0.333 e. The number of nitrogens with zero attached hydrogens (tertiary/aromatic N) is 6. The van der Waals surface area contributed by atoms with Crippen LogP contribution in [0.1, 0.15) is 16.3 Å². The van der Waals surface area contributed by atoms with E-state index in [2.05, 4.69) is 19.6 Å². The van der Waals surface area contributed by atoms with Crippen LogP contribution in [0.25, 0.3) is 0 Å². The van der Waals surface area contributed by atoms with Crippen LogP contribution < -0.4 is 0 Å². The van der Waals surface area contributed by atoms with E-state index in [9.17, 15) is 4.79 Å². The highest BCUT2D eigenvalue weighted by molar-refractivity contribution is 7.07. The molecule has 0 N–H and O–H groups in total. The van der Waals surface area contributed by atoms with Gasteiger partial charge in [-0.1, -0.05) is 0 Å². The minimum atomic E-state index is -0.0341. The van der Waals surface area contributed by atoms with Crippen molar-refractivity contribution in [2.75, 3.05) is 6.54 Å². The van der Waals surface area contributed by atoms with Crippen LogP contribution in [0, 0.1) is 5.92 Å². The Morgan fingerprint density at radius 1 is 1.26 bits per heavy atom. The number of amides is 1. The maximum absolute atomic E-state index is 12.7. The highest BCUT2D eigenvalue weighted by atomic mass is 32.1. The maximum Gasteiger partial charge on any atom is 0.273 e. The fourth-order valence-corrected chi connectivity index (χ4v) is 3.49. The zero-order valence-corrected chi connectivity index (χ0v) is 13.3. The molecule has 1 amide bonds. The fraction of sp³-hybridized carbons (Fsp3) is 0.333. The molecule has 3 aromatic heterocycles. The summed E-state index contributed by atoms with van der Waals surface area (Å²) in [6.07, 6.45) is 7.49. The van der Waals surface area contributed by atoms with E-state index in [0.29, 0.717) is 18.8 Å². The fourth-order valence-electron chi connectivity index (χ4n) is 2.96. The quantitative estimate of drug-likeness (QED) is 0.731. The molecule has 0 bridgehead atoms. The van der Waals surface area contributed by atoms with Crippen LogP contribution in [0.2, 0.25) is 0 Å². The average molecular weight is 328 g/mol. The highest BCUT2D eigenvalue weighted by Gasteiger charge is 2.27. The van der Waals surface area contributed by atoms with Crippen molar-refractivity contribution in [2.45, 2.75) is 19.6 Å². The molecule has 4 rings (SSSR count). The van der Waals surface area contributed by atoms with Crippen LogP contribution in [-0.4, -0.2) is 41.7 Å². The Hall–Kier alpha value is -2.48. The molecular weight excluding hydrogens is 312 g/mol. The second kappa shape index (κ2) is 5.96. The predicted molar refractivity (Wildman–Crippen MR) is 84.8 cm³/mol. The lowest BCUT2D eigenvalue weighted by atomic mass is 10.1. The molecule has 1 aliphatic rings. The van der Waals surface area contributed by atoms with E-state index in [1.165, 1.54) is 11.3 Å². The topological polar surface area (TPSA) is 68.8 Å². The minimum Gasteiger partial charge on any atom is -0.333 e. The molecule has 0 saturated carbocycles. The molecule has 0 fully saturated rings. The lowest BCUT2D eigenvalue weighted by Gasteiger charge is -2.23. The first-order valence-electron chi connectivity index (χ1n) is 7.44. The number of thiazole rings is 1. The minimum absolute atomic E-state index is 0.0341. The number of rotatable bonds is 3. The van der Waals surface area contributed by atoms with Gasteiger partial charge in [-0.25, -0.2) is 9.97 Å². The van der Waals surface area contributed by atoms with Gasteiger partial charge in [0.25, 0.3) is 5.91 Å². The molecule has 0 saturated heterocycles. The molecule has 0 spiro atoms. The van der Waals surface area contributed by atoms with Crippen LogP contribution in [0.3, 0.4) is 0 Å². The first-order chi connectivity index (χ1) is 11.3. The number of aromatic nitrogens is 5. The van der Waals surface area contributed by atoms with Crippen LogP contribution in [-0.2, 0) is 19.6 Å². The zero-order valence-electron chi connectivity index (χ0n) is 12.4. The van der Waals surface area contributed by atoms with Crippen LogP contribution in [0.4, 0.5) is 0 Å². The van der Waals surface area contributed by atoms with Gasteiger partial charge >= 0.3 is 0 Å². The molecule has 7 nitrogen and oxygen atoms in total. The summed E-state index contributed by atoms with van der Waals surface area (Å²) in [5.41, 5.74) is 2.19. The molecule has 3 aromatic rings. The van der Waals surface area contributed by atoms with Crippen LogP contribution >= 0.6 is 11.3 Å². The number of hydrogen-bond donors (Lipinski definition) is 0. The molecule has 1 aliphatic heterocycles. The smallest absolute Gasteiger partial charge is 0.273 e. The molecule has 118 valence electrons. The summed E-state index contributed by atoms with van der Waals surface area (Å²) < 4.78 is 4.04. The van der Waals surface area contributed by atoms with Gasteiger partial charge in [0.15, 0.2) is 0 Å². The molecule has 0 unspecified atom stereocenters. The number of hydrogen-bond acceptors (Lipinski definition) is 5. The normalized spacial score (nSPS) is 17.7. The number of fused-ring (bicyclic) bond motifs is 1. The summed E-state index contributed by atoms with van der Waals surface area (Å²) >= 11 is 1.44. The van der Waals surface area contributed by atoms with E-state index < -0.39 is 0 Å². The molecule has 4 heterocycles. The number of carbonyl (C=O) groups is 1. The Labute approximate surface area is 137 Å². The zero-order chi connectivity index (χ0) is 15.6. The summed E-state index contributed by atoms with van der Waals surface area (Å²) in [7, 11) is 0. The van der Waals surface area contributed by atoms with Gasteiger partial charge in [-0.05, 0) is 6.07 Å². The molecular formula is C15H16N6OS. The summed E-state index contributed by atoms with van der Waals surface area (Å²) in [5, 5.41) is 6.08. The third kappa shape index (κ3) is 2.89. The van der Waals surface area contributed by atoms with Crippen molar-refractivity contribution in [2.24, 2.45) is 5.92 Å².